The quantitative estimate of drug-likeness (QED) is 0.723. The monoisotopic (exact) mass is 260 g/mol. The fourth-order valence-electron chi connectivity index (χ4n) is 1.89. The molecule has 0 N–H and O–H groups in total. The van der Waals surface area contributed by atoms with Gasteiger partial charge in [0.2, 0.25) is 0 Å². The molecule has 1 aliphatic rings. The van der Waals surface area contributed by atoms with E-state index < -0.39 is 12.3 Å². The molecule has 0 heterocycles. The van der Waals surface area contributed by atoms with E-state index in [1.54, 1.807) is 13.8 Å². The van der Waals surface area contributed by atoms with E-state index >= 15 is 0 Å². The third-order valence-electron chi connectivity index (χ3n) is 2.63. The molecule has 1 rings (SSSR count). The molecule has 0 amide bonds. The minimum absolute atomic E-state index is 0.253. The number of hydrogen-bond donors (Lipinski definition) is 0. The number of carbonyl (C=O) groups is 2. The molecular formula is C12H20O6. The zero-order valence-electron chi connectivity index (χ0n) is 10.8. The summed E-state index contributed by atoms with van der Waals surface area (Å²) in [6.07, 6.45) is 1.03. The minimum atomic E-state index is -0.667. The second-order valence-electron chi connectivity index (χ2n) is 4.01. The molecule has 6 nitrogen and oxygen atoms in total. The number of carbonyl (C=O) groups excluding carboxylic acids is 2. The number of hydrogen-bond acceptors (Lipinski definition) is 6. The highest BCUT2D eigenvalue weighted by molar-refractivity contribution is 5.60. The Morgan fingerprint density at radius 2 is 1.39 bits per heavy atom. The maximum Gasteiger partial charge on any atom is 0.508 e. The molecular weight excluding hydrogens is 240 g/mol. The lowest BCUT2D eigenvalue weighted by atomic mass is 9.95. The lowest BCUT2D eigenvalue weighted by Crippen LogP contribution is -2.31. The van der Waals surface area contributed by atoms with Crippen LogP contribution in [0.15, 0.2) is 0 Å². The van der Waals surface area contributed by atoms with Crippen molar-refractivity contribution in [3.8, 4) is 0 Å². The zero-order valence-corrected chi connectivity index (χ0v) is 10.8. The Morgan fingerprint density at radius 3 is 1.78 bits per heavy atom. The van der Waals surface area contributed by atoms with Gasteiger partial charge in [0, 0.05) is 6.42 Å². The van der Waals surface area contributed by atoms with Gasteiger partial charge in [-0.3, -0.25) is 0 Å². The van der Waals surface area contributed by atoms with Crippen molar-refractivity contribution in [2.75, 3.05) is 13.2 Å². The maximum atomic E-state index is 11.2. The average molecular weight is 260 g/mol. The van der Waals surface area contributed by atoms with Gasteiger partial charge < -0.3 is 18.9 Å². The number of rotatable bonds is 4. The Balaban J connectivity index is 2.31. The lowest BCUT2D eigenvalue weighted by molar-refractivity contribution is -0.0330. The number of ether oxygens (including phenoxy) is 4. The van der Waals surface area contributed by atoms with Crippen molar-refractivity contribution in [2.24, 2.45) is 0 Å². The summed E-state index contributed by atoms with van der Waals surface area (Å²) in [7, 11) is 0. The van der Waals surface area contributed by atoms with E-state index in [9.17, 15) is 9.59 Å². The van der Waals surface area contributed by atoms with Crippen LogP contribution in [-0.2, 0) is 18.9 Å². The van der Waals surface area contributed by atoms with Gasteiger partial charge in [-0.2, -0.15) is 0 Å². The van der Waals surface area contributed by atoms with Crippen LogP contribution in [0.1, 0.15) is 39.5 Å². The zero-order chi connectivity index (χ0) is 13.4. The van der Waals surface area contributed by atoms with E-state index in [0.717, 1.165) is 19.3 Å². The SMILES string of the molecule is CCOC(=O)OC1CCCC(OC(=O)OCC)C1. The Hall–Kier alpha value is -1.46. The van der Waals surface area contributed by atoms with E-state index in [1.165, 1.54) is 0 Å². The van der Waals surface area contributed by atoms with E-state index in [4.69, 9.17) is 18.9 Å². The fraction of sp³-hybridized carbons (Fsp3) is 0.833. The molecule has 1 aliphatic carbocycles. The molecule has 0 aliphatic heterocycles. The van der Waals surface area contributed by atoms with Crippen LogP contribution in [-0.4, -0.2) is 37.7 Å². The van der Waals surface area contributed by atoms with E-state index in [1.807, 2.05) is 0 Å². The van der Waals surface area contributed by atoms with E-state index in [-0.39, 0.29) is 25.4 Å². The molecule has 18 heavy (non-hydrogen) atoms. The van der Waals surface area contributed by atoms with Gasteiger partial charge in [-0.15, -0.1) is 0 Å². The average Bonchev–Trinajstić information content (AvgIpc) is 2.29. The van der Waals surface area contributed by atoms with Gasteiger partial charge in [0.15, 0.2) is 0 Å². The molecule has 0 aromatic rings. The van der Waals surface area contributed by atoms with Gasteiger partial charge >= 0.3 is 12.3 Å². The summed E-state index contributed by atoms with van der Waals surface area (Å²) in [4.78, 5) is 22.3. The van der Waals surface area contributed by atoms with Crippen LogP contribution in [0.4, 0.5) is 9.59 Å². The molecule has 1 fully saturated rings. The molecule has 2 atom stereocenters. The van der Waals surface area contributed by atoms with E-state index in [2.05, 4.69) is 0 Å². The van der Waals surface area contributed by atoms with Crippen LogP contribution in [0.3, 0.4) is 0 Å². The summed E-state index contributed by atoms with van der Waals surface area (Å²) in [6, 6.07) is 0. The molecule has 0 bridgehead atoms. The van der Waals surface area contributed by atoms with Crippen LogP contribution in [0.25, 0.3) is 0 Å². The predicted molar refractivity (Wildman–Crippen MR) is 62.3 cm³/mol. The van der Waals surface area contributed by atoms with Gasteiger partial charge in [-0.25, -0.2) is 9.59 Å². The van der Waals surface area contributed by atoms with Crippen LogP contribution >= 0.6 is 0 Å². The van der Waals surface area contributed by atoms with Crippen molar-refractivity contribution < 1.29 is 28.5 Å². The summed E-state index contributed by atoms with van der Waals surface area (Å²) in [5.41, 5.74) is 0. The Morgan fingerprint density at radius 1 is 0.944 bits per heavy atom. The van der Waals surface area contributed by atoms with Crippen molar-refractivity contribution in [3.05, 3.63) is 0 Å². The molecule has 104 valence electrons. The summed E-state index contributed by atoms with van der Waals surface area (Å²) in [5, 5.41) is 0. The first-order valence-electron chi connectivity index (χ1n) is 6.32. The first-order chi connectivity index (χ1) is 8.65. The van der Waals surface area contributed by atoms with Gasteiger partial charge in [0.25, 0.3) is 0 Å². The molecule has 2 unspecified atom stereocenters. The van der Waals surface area contributed by atoms with Gasteiger partial charge in [0.05, 0.1) is 13.2 Å². The molecule has 0 spiro atoms. The summed E-state index contributed by atoms with van der Waals surface area (Å²) < 4.78 is 19.6. The van der Waals surface area contributed by atoms with Crippen molar-refractivity contribution in [1.29, 1.82) is 0 Å². The van der Waals surface area contributed by atoms with Crippen LogP contribution in [0, 0.1) is 0 Å². The predicted octanol–water partition coefficient (Wildman–Crippen LogP) is 2.64. The molecule has 0 aromatic heterocycles. The second-order valence-corrected chi connectivity index (χ2v) is 4.01. The Kier molecular flexibility index (Phi) is 6.32. The highest BCUT2D eigenvalue weighted by Crippen LogP contribution is 2.24. The fourth-order valence-corrected chi connectivity index (χ4v) is 1.89. The largest absolute Gasteiger partial charge is 0.508 e. The standard InChI is InChI=1S/C12H20O6/c1-3-15-11(13)17-9-6-5-7-10(8-9)18-12(14)16-4-2/h9-10H,3-8H2,1-2H3. The third kappa shape index (κ3) is 5.25. The Labute approximate surface area is 107 Å². The smallest absolute Gasteiger partial charge is 0.435 e. The summed E-state index contributed by atoms with van der Waals surface area (Å²) >= 11 is 0. The van der Waals surface area contributed by atoms with Gasteiger partial charge in [-0.05, 0) is 33.1 Å². The van der Waals surface area contributed by atoms with Gasteiger partial charge in [0.1, 0.15) is 12.2 Å². The maximum absolute atomic E-state index is 11.2. The highest BCUT2D eigenvalue weighted by atomic mass is 16.7. The van der Waals surface area contributed by atoms with Crippen molar-refractivity contribution in [3.63, 3.8) is 0 Å². The van der Waals surface area contributed by atoms with E-state index in [0.29, 0.717) is 6.42 Å². The first-order valence-corrected chi connectivity index (χ1v) is 6.32. The van der Waals surface area contributed by atoms with Crippen LogP contribution < -0.4 is 0 Å². The topological polar surface area (TPSA) is 71.1 Å². The Bertz CT molecular complexity index is 252. The molecule has 0 aromatic carbocycles. The second kappa shape index (κ2) is 7.79. The molecule has 0 saturated heterocycles. The third-order valence-corrected chi connectivity index (χ3v) is 2.63. The minimum Gasteiger partial charge on any atom is -0.435 e. The molecule has 1 saturated carbocycles. The normalized spacial score (nSPS) is 23.0. The van der Waals surface area contributed by atoms with Crippen molar-refractivity contribution in [1.82, 2.24) is 0 Å². The highest BCUT2D eigenvalue weighted by Gasteiger charge is 2.28. The molecule has 6 heteroatoms. The summed E-state index contributed by atoms with van der Waals surface area (Å²) in [6.45, 7) is 4.01. The van der Waals surface area contributed by atoms with Gasteiger partial charge in [-0.1, -0.05) is 0 Å². The van der Waals surface area contributed by atoms with Crippen LogP contribution in [0.2, 0.25) is 0 Å². The lowest BCUT2D eigenvalue weighted by Gasteiger charge is -2.27. The summed E-state index contributed by atoms with van der Waals surface area (Å²) in [5.74, 6) is 0. The van der Waals surface area contributed by atoms with Crippen LogP contribution in [0.5, 0.6) is 0 Å². The first kappa shape index (κ1) is 14.6. The van der Waals surface area contributed by atoms with Crippen molar-refractivity contribution in [2.45, 2.75) is 51.7 Å². The van der Waals surface area contributed by atoms with Crippen molar-refractivity contribution >= 4 is 12.3 Å². The molecule has 0 radical (unpaired) electrons.